The lowest BCUT2D eigenvalue weighted by Crippen LogP contribution is -2.37. The van der Waals surface area contributed by atoms with E-state index in [9.17, 15) is 0 Å². The Morgan fingerprint density at radius 3 is 1.93 bits per heavy atom. The summed E-state index contributed by atoms with van der Waals surface area (Å²) in [5, 5.41) is 7.74. The molecule has 0 spiro atoms. The van der Waals surface area contributed by atoms with Gasteiger partial charge in [-0.3, -0.25) is 0 Å². The summed E-state index contributed by atoms with van der Waals surface area (Å²) in [5.41, 5.74) is 0. The first-order valence-electron chi connectivity index (χ1n) is 6.60. The van der Waals surface area contributed by atoms with Crippen LogP contribution in [0.15, 0.2) is 0 Å². The number of morpholine rings is 1. The van der Waals surface area contributed by atoms with Crippen molar-refractivity contribution in [1.82, 2.24) is 5.32 Å². The topological polar surface area (TPSA) is 21.3 Å². The molecule has 0 bridgehead atoms. The average Bonchev–Trinajstić information content (AvgIpc) is 2.33. The molecule has 0 aromatic heterocycles. The molecule has 15 heavy (non-hydrogen) atoms. The van der Waals surface area contributed by atoms with Crippen molar-refractivity contribution in [2.45, 2.75) is 56.1 Å². The second kappa shape index (κ2) is 11.0. The highest BCUT2D eigenvalue weighted by molar-refractivity contribution is 6.58. The summed E-state index contributed by atoms with van der Waals surface area (Å²) in [6, 6.07) is 0. The van der Waals surface area contributed by atoms with Crippen LogP contribution in [0.5, 0.6) is 0 Å². The van der Waals surface area contributed by atoms with Gasteiger partial charge < -0.3 is 10.1 Å². The van der Waals surface area contributed by atoms with Crippen molar-refractivity contribution in [2.24, 2.45) is 0 Å². The fraction of sp³-hybridized carbons (Fsp3) is 1.00. The minimum atomic E-state index is -0.171. The van der Waals surface area contributed by atoms with Crippen LogP contribution in [0.3, 0.4) is 0 Å². The lowest BCUT2D eigenvalue weighted by atomic mass is 10.2. The highest BCUT2D eigenvalue weighted by atomic mass is 27.2. The van der Waals surface area contributed by atoms with Gasteiger partial charge in [0.15, 0.2) is 0 Å². The Balaban J connectivity index is 0.000000265. The predicted molar refractivity (Wildman–Crippen MR) is 70.1 cm³/mol. The van der Waals surface area contributed by atoms with Crippen LogP contribution in [-0.2, 0) is 4.74 Å². The van der Waals surface area contributed by atoms with Gasteiger partial charge in [0.2, 0.25) is 0 Å². The van der Waals surface area contributed by atoms with Gasteiger partial charge >= 0.3 is 0 Å². The van der Waals surface area contributed by atoms with Gasteiger partial charge in [-0.1, -0.05) is 43.5 Å². The van der Waals surface area contributed by atoms with E-state index in [1.54, 1.807) is 0 Å². The first kappa shape index (κ1) is 15.5. The van der Waals surface area contributed by atoms with Crippen LogP contribution in [0.1, 0.15) is 34.1 Å². The molecule has 1 heterocycles. The van der Waals surface area contributed by atoms with Gasteiger partial charge in [-0.25, -0.2) is 0 Å². The van der Waals surface area contributed by atoms with Crippen molar-refractivity contribution in [3.63, 3.8) is 0 Å². The van der Waals surface area contributed by atoms with Crippen molar-refractivity contribution in [2.75, 3.05) is 19.7 Å². The third kappa shape index (κ3) is 8.28. The molecule has 1 N–H and O–H groups in total. The Kier molecular flexibility index (Phi) is 11.3. The fourth-order valence-electron chi connectivity index (χ4n) is 1.75. The van der Waals surface area contributed by atoms with Crippen LogP contribution >= 0.6 is 0 Å². The molecule has 2 nitrogen and oxygen atoms in total. The van der Waals surface area contributed by atoms with Gasteiger partial charge in [0.1, 0.15) is 0 Å². The van der Waals surface area contributed by atoms with Gasteiger partial charge in [-0.05, 0) is 6.42 Å². The van der Waals surface area contributed by atoms with Crippen LogP contribution in [0, 0.1) is 0 Å². The Bertz CT molecular complexity index is 117. The molecule has 0 aromatic rings. The average molecular weight is 229 g/mol. The molecular formula is C12H28AlNO. The summed E-state index contributed by atoms with van der Waals surface area (Å²) in [4.78, 5) is 0. The Labute approximate surface area is 100 Å². The minimum Gasteiger partial charge on any atom is -0.376 e. The largest absolute Gasteiger partial charge is 0.376 e. The van der Waals surface area contributed by atoms with E-state index in [4.69, 9.17) is 4.74 Å². The van der Waals surface area contributed by atoms with E-state index < -0.39 is 0 Å². The second-order valence-corrected chi connectivity index (χ2v) is 8.38. The quantitative estimate of drug-likeness (QED) is 0.748. The molecule has 0 amide bonds. The summed E-state index contributed by atoms with van der Waals surface area (Å²) >= 11 is -0.171. The number of hydrogen-bond acceptors (Lipinski definition) is 2. The van der Waals surface area contributed by atoms with Crippen LogP contribution in [0.4, 0.5) is 0 Å². The minimum absolute atomic E-state index is 0.171. The second-order valence-electron chi connectivity index (χ2n) is 4.20. The van der Waals surface area contributed by atoms with E-state index in [1.165, 1.54) is 15.8 Å². The summed E-state index contributed by atoms with van der Waals surface area (Å²) in [7, 11) is 0. The zero-order chi connectivity index (χ0) is 11.5. The van der Waals surface area contributed by atoms with Crippen LogP contribution < -0.4 is 5.32 Å². The number of hydrogen-bond donors (Lipinski definition) is 1. The maximum absolute atomic E-state index is 5.36. The smallest absolute Gasteiger partial charge is 0.261 e. The molecule has 1 rings (SSSR count). The SMILES string of the molecule is CCC1CNCCO1.C[CH2][Al]([CH2]C)[CH2]C. The molecule has 1 aliphatic heterocycles. The molecule has 1 saturated heterocycles. The fourth-order valence-corrected chi connectivity index (χ4v) is 3.48. The third-order valence-electron chi connectivity index (χ3n) is 3.19. The number of ether oxygens (including phenoxy) is 1. The molecule has 1 fully saturated rings. The molecule has 1 aliphatic rings. The zero-order valence-electron chi connectivity index (χ0n) is 11.0. The van der Waals surface area contributed by atoms with Gasteiger partial charge in [0, 0.05) is 13.1 Å². The maximum atomic E-state index is 5.36. The van der Waals surface area contributed by atoms with E-state index in [0.29, 0.717) is 6.10 Å². The molecule has 0 aromatic carbocycles. The Morgan fingerprint density at radius 1 is 1.13 bits per heavy atom. The van der Waals surface area contributed by atoms with E-state index in [-0.39, 0.29) is 14.1 Å². The van der Waals surface area contributed by atoms with Gasteiger partial charge in [0.25, 0.3) is 14.1 Å². The van der Waals surface area contributed by atoms with Crippen LogP contribution in [0.2, 0.25) is 15.8 Å². The molecule has 1 atom stereocenters. The zero-order valence-corrected chi connectivity index (χ0v) is 12.2. The van der Waals surface area contributed by atoms with Crippen molar-refractivity contribution in [3.8, 4) is 0 Å². The first-order chi connectivity index (χ1) is 7.28. The molecule has 0 saturated carbocycles. The third-order valence-corrected chi connectivity index (χ3v) is 6.66. The standard InChI is InChI=1S/C6H13NO.3C2H5.Al/c1-2-6-5-7-3-4-8-6;3*1-2;/h6-7H,2-5H2,1H3;3*1H2,2H3;. The van der Waals surface area contributed by atoms with E-state index in [1.807, 2.05) is 0 Å². The number of nitrogens with one attached hydrogen (secondary N) is 1. The number of rotatable bonds is 4. The van der Waals surface area contributed by atoms with E-state index >= 15 is 0 Å². The van der Waals surface area contributed by atoms with Crippen molar-refractivity contribution >= 4 is 14.1 Å². The lowest BCUT2D eigenvalue weighted by molar-refractivity contribution is 0.0267. The highest BCUT2D eigenvalue weighted by Crippen LogP contribution is 2.01. The molecule has 1 unspecified atom stereocenters. The predicted octanol–water partition coefficient (Wildman–Crippen LogP) is 2.93. The Morgan fingerprint density at radius 2 is 1.73 bits per heavy atom. The van der Waals surface area contributed by atoms with Gasteiger partial charge in [-0.15, -0.1) is 0 Å². The van der Waals surface area contributed by atoms with E-state index in [0.717, 1.165) is 26.1 Å². The molecule has 3 heteroatoms. The monoisotopic (exact) mass is 229 g/mol. The summed E-state index contributed by atoms with van der Waals surface area (Å²) in [5.74, 6) is 0. The van der Waals surface area contributed by atoms with Gasteiger partial charge in [-0.2, -0.15) is 0 Å². The van der Waals surface area contributed by atoms with Crippen molar-refractivity contribution < 1.29 is 4.74 Å². The maximum Gasteiger partial charge on any atom is 0.261 e. The molecule has 90 valence electrons. The summed E-state index contributed by atoms with van der Waals surface area (Å²) in [6.45, 7) is 12.1. The van der Waals surface area contributed by atoms with E-state index in [2.05, 4.69) is 33.0 Å². The summed E-state index contributed by atoms with van der Waals surface area (Å²) < 4.78 is 5.36. The van der Waals surface area contributed by atoms with Crippen molar-refractivity contribution in [3.05, 3.63) is 0 Å². The highest BCUT2D eigenvalue weighted by Gasteiger charge is 2.09. The van der Waals surface area contributed by atoms with Crippen LogP contribution in [0.25, 0.3) is 0 Å². The van der Waals surface area contributed by atoms with Crippen LogP contribution in [-0.4, -0.2) is 39.9 Å². The summed E-state index contributed by atoms with van der Waals surface area (Å²) in [6.07, 6.45) is 1.61. The molecular weight excluding hydrogens is 201 g/mol. The molecule has 0 aliphatic carbocycles. The lowest BCUT2D eigenvalue weighted by Gasteiger charge is -2.21. The normalized spacial score (nSPS) is 20.4. The van der Waals surface area contributed by atoms with Gasteiger partial charge in [0.05, 0.1) is 12.7 Å². The first-order valence-corrected chi connectivity index (χ1v) is 9.05. The molecule has 0 radical (unpaired) electrons. The van der Waals surface area contributed by atoms with Crippen molar-refractivity contribution in [1.29, 1.82) is 0 Å². The Hall–Kier alpha value is 0.452.